The van der Waals surface area contributed by atoms with E-state index in [1.165, 1.54) is 6.26 Å². The van der Waals surface area contributed by atoms with Crippen molar-refractivity contribution in [3.05, 3.63) is 0 Å². The maximum absolute atomic E-state index is 12.3. The predicted octanol–water partition coefficient (Wildman–Crippen LogP) is -0.0263. The second kappa shape index (κ2) is 5.17. The monoisotopic (exact) mass is 274 g/mol. The van der Waals surface area contributed by atoms with Crippen LogP contribution in [-0.4, -0.2) is 68.9 Å². The lowest BCUT2D eigenvalue weighted by Gasteiger charge is -2.30. The van der Waals surface area contributed by atoms with Gasteiger partial charge in [-0.1, -0.05) is 0 Å². The molecule has 2 saturated heterocycles. The Kier molecular flexibility index (Phi) is 3.96. The highest BCUT2D eigenvalue weighted by atomic mass is 32.2. The molecule has 104 valence electrons. The summed E-state index contributed by atoms with van der Waals surface area (Å²) in [5.74, 6) is 0.258. The zero-order valence-electron chi connectivity index (χ0n) is 11.1. The first-order chi connectivity index (χ1) is 8.38. The van der Waals surface area contributed by atoms with Gasteiger partial charge in [-0.25, -0.2) is 8.42 Å². The van der Waals surface area contributed by atoms with Crippen molar-refractivity contribution in [2.45, 2.75) is 24.5 Å². The highest BCUT2D eigenvalue weighted by molar-refractivity contribution is 7.91. The molecule has 0 spiro atoms. The normalized spacial score (nSPS) is 27.7. The minimum atomic E-state index is -3.01. The zero-order chi connectivity index (χ0) is 13.3. The van der Waals surface area contributed by atoms with E-state index < -0.39 is 9.84 Å². The molecule has 2 aliphatic heterocycles. The van der Waals surface area contributed by atoms with Crippen LogP contribution >= 0.6 is 0 Å². The van der Waals surface area contributed by atoms with Crippen molar-refractivity contribution < 1.29 is 13.2 Å². The molecule has 1 unspecified atom stereocenters. The summed E-state index contributed by atoms with van der Waals surface area (Å²) in [6.07, 6.45) is 3.66. The average molecular weight is 274 g/mol. The smallest absolute Gasteiger partial charge is 0.225 e. The Morgan fingerprint density at radius 2 is 1.72 bits per heavy atom. The average Bonchev–Trinajstić information content (AvgIpc) is 2.78. The van der Waals surface area contributed by atoms with Gasteiger partial charge in [0.2, 0.25) is 5.91 Å². The van der Waals surface area contributed by atoms with Crippen molar-refractivity contribution >= 4 is 15.7 Å². The summed E-state index contributed by atoms with van der Waals surface area (Å²) in [4.78, 5) is 16.3. The number of sulfone groups is 1. The maximum Gasteiger partial charge on any atom is 0.225 e. The summed E-state index contributed by atoms with van der Waals surface area (Å²) in [6, 6.07) is 0. The van der Waals surface area contributed by atoms with Crippen LogP contribution in [0.1, 0.15) is 19.3 Å². The molecule has 0 aromatic carbocycles. The van der Waals surface area contributed by atoms with E-state index in [0.717, 1.165) is 25.9 Å². The molecular weight excluding hydrogens is 252 g/mol. The topological polar surface area (TPSA) is 57.7 Å². The molecule has 0 saturated carbocycles. The summed E-state index contributed by atoms with van der Waals surface area (Å²) in [7, 11) is -0.945. The first-order valence-corrected chi connectivity index (χ1v) is 8.49. The molecule has 2 aliphatic rings. The van der Waals surface area contributed by atoms with Crippen LogP contribution in [0, 0.1) is 5.92 Å². The molecule has 2 fully saturated rings. The molecule has 0 N–H and O–H groups in total. The lowest BCUT2D eigenvalue weighted by Crippen LogP contribution is -2.41. The summed E-state index contributed by atoms with van der Waals surface area (Å²) in [5.41, 5.74) is 0. The van der Waals surface area contributed by atoms with Crippen LogP contribution in [0.25, 0.3) is 0 Å². The van der Waals surface area contributed by atoms with E-state index in [9.17, 15) is 13.2 Å². The quantitative estimate of drug-likeness (QED) is 0.710. The minimum absolute atomic E-state index is 0.0968. The second-order valence-corrected chi connectivity index (χ2v) is 7.93. The molecule has 6 heteroatoms. The van der Waals surface area contributed by atoms with Crippen molar-refractivity contribution in [2.24, 2.45) is 5.92 Å². The molecule has 0 aliphatic carbocycles. The van der Waals surface area contributed by atoms with Gasteiger partial charge in [-0.3, -0.25) is 4.79 Å². The number of likely N-dealkylation sites (tertiary alicyclic amines) is 2. The SMILES string of the molecule is CN1CCC(C(=O)N2CCC(S(C)(=O)=O)C2)CC1. The van der Waals surface area contributed by atoms with Crippen LogP contribution in [0.15, 0.2) is 0 Å². The third-order valence-electron chi connectivity index (χ3n) is 4.13. The number of nitrogens with zero attached hydrogens (tertiary/aromatic N) is 2. The summed E-state index contributed by atoms with van der Waals surface area (Å²) in [5, 5.41) is -0.354. The van der Waals surface area contributed by atoms with Crippen LogP contribution in [0.5, 0.6) is 0 Å². The summed E-state index contributed by atoms with van der Waals surface area (Å²) in [6.45, 7) is 2.91. The van der Waals surface area contributed by atoms with Gasteiger partial charge < -0.3 is 9.80 Å². The first kappa shape index (κ1) is 13.8. The Morgan fingerprint density at radius 1 is 1.11 bits per heavy atom. The van der Waals surface area contributed by atoms with Crippen LogP contribution < -0.4 is 0 Å². The van der Waals surface area contributed by atoms with Crippen molar-refractivity contribution in [1.29, 1.82) is 0 Å². The molecule has 5 nitrogen and oxygen atoms in total. The van der Waals surface area contributed by atoms with Gasteiger partial charge in [0.15, 0.2) is 9.84 Å². The van der Waals surface area contributed by atoms with E-state index in [0.29, 0.717) is 19.5 Å². The van der Waals surface area contributed by atoms with Crippen LogP contribution in [0.3, 0.4) is 0 Å². The minimum Gasteiger partial charge on any atom is -0.341 e. The van der Waals surface area contributed by atoms with Gasteiger partial charge in [0, 0.05) is 25.3 Å². The molecule has 1 amide bonds. The van der Waals surface area contributed by atoms with Gasteiger partial charge in [0.05, 0.1) is 5.25 Å². The Morgan fingerprint density at radius 3 is 2.22 bits per heavy atom. The molecule has 1 atom stereocenters. The Balaban J connectivity index is 1.91. The van der Waals surface area contributed by atoms with E-state index >= 15 is 0 Å². The van der Waals surface area contributed by atoms with Gasteiger partial charge in [0.1, 0.15) is 0 Å². The number of amides is 1. The fourth-order valence-electron chi connectivity index (χ4n) is 2.79. The number of carbonyl (C=O) groups is 1. The van der Waals surface area contributed by atoms with Crippen molar-refractivity contribution in [3.8, 4) is 0 Å². The van der Waals surface area contributed by atoms with Crippen molar-refractivity contribution in [2.75, 3.05) is 39.5 Å². The second-order valence-electron chi connectivity index (χ2n) is 5.60. The van der Waals surface area contributed by atoms with Crippen LogP contribution in [-0.2, 0) is 14.6 Å². The molecule has 2 heterocycles. The molecular formula is C12H22N2O3S. The van der Waals surface area contributed by atoms with Gasteiger partial charge in [-0.05, 0) is 39.4 Å². The summed E-state index contributed by atoms with van der Waals surface area (Å²) < 4.78 is 23.0. The van der Waals surface area contributed by atoms with E-state index in [2.05, 4.69) is 11.9 Å². The number of hydrogen-bond donors (Lipinski definition) is 0. The van der Waals surface area contributed by atoms with E-state index in [1.54, 1.807) is 4.90 Å². The Bertz CT molecular complexity index is 413. The first-order valence-electron chi connectivity index (χ1n) is 6.54. The molecule has 2 rings (SSSR count). The third kappa shape index (κ3) is 3.03. The fraction of sp³-hybridized carbons (Fsp3) is 0.917. The van der Waals surface area contributed by atoms with Gasteiger partial charge >= 0.3 is 0 Å². The lowest BCUT2D eigenvalue weighted by molar-refractivity contribution is -0.135. The standard InChI is InChI=1S/C12H22N2O3S/c1-13-6-3-10(4-7-13)12(15)14-8-5-11(9-14)18(2,16)17/h10-11H,3-9H2,1-2H3. The molecule has 0 radical (unpaired) electrons. The number of rotatable bonds is 2. The number of piperidine rings is 1. The Labute approximate surface area is 109 Å². The number of carbonyl (C=O) groups excluding carboxylic acids is 1. The lowest BCUT2D eigenvalue weighted by atomic mass is 9.96. The zero-order valence-corrected chi connectivity index (χ0v) is 11.9. The highest BCUT2D eigenvalue weighted by Gasteiger charge is 2.35. The van der Waals surface area contributed by atoms with E-state index in [1.807, 2.05) is 0 Å². The van der Waals surface area contributed by atoms with Gasteiger partial charge in [-0.2, -0.15) is 0 Å². The molecule has 0 aromatic rings. The fourth-order valence-corrected chi connectivity index (χ4v) is 3.78. The van der Waals surface area contributed by atoms with E-state index in [-0.39, 0.29) is 17.1 Å². The van der Waals surface area contributed by atoms with Crippen LogP contribution in [0.4, 0.5) is 0 Å². The third-order valence-corrected chi connectivity index (χ3v) is 5.73. The highest BCUT2D eigenvalue weighted by Crippen LogP contribution is 2.23. The van der Waals surface area contributed by atoms with Gasteiger partial charge in [0.25, 0.3) is 0 Å². The predicted molar refractivity (Wildman–Crippen MR) is 70.0 cm³/mol. The molecule has 0 bridgehead atoms. The maximum atomic E-state index is 12.3. The van der Waals surface area contributed by atoms with Crippen LogP contribution in [0.2, 0.25) is 0 Å². The van der Waals surface area contributed by atoms with Crippen molar-refractivity contribution in [3.63, 3.8) is 0 Å². The molecule has 18 heavy (non-hydrogen) atoms. The summed E-state index contributed by atoms with van der Waals surface area (Å²) >= 11 is 0. The number of hydrogen-bond acceptors (Lipinski definition) is 4. The van der Waals surface area contributed by atoms with Gasteiger partial charge in [-0.15, -0.1) is 0 Å². The van der Waals surface area contributed by atoms with E-state index in [4.69, 9.17) is 0 Å². The largest absolute Gasteiger partial charge is 0.341 e. The molecule has 0 aromatic heterocycles. The Hall–Kier alpha value is -0.620. The van der Waals surface area contributed by atoms with Crippen molar-refractivity contribution in [1.82, 2.24) is 9.80 Å².